The summed E-state index contributed by atoms with van der Waals surface area (Å²) >= 11 is 0. The fourth-order valence-electron chi connectivity index (χ4n) is 1.76. The lowest BCUT2D eigenvalue weighted by molar-refractivity contribution is -0.127. The summed E-state index contributed by atoms with van der Waals surface area (Å²) in [4.78, 5) is 13.7. The van der Waals surface area contributed by atoms with Crippen molar-refractivity contribution < 1.29 is 9.53 Å². The SMILES string of the molecule is CCC(C(=O)NN)N(CCOC)CC(C)C. The maximum absolute atomic E-state index is 11.6. The molecular formula is C11H25N3O2. The second-order valence-electron chi connectivity index (χ2n) is 4.31. The van der Waals surface area contributed by atoms with Crippen LogP contribution in [0.1, 0.15) is 27.2 Å². The average Bonchev–Trinajstić information content (AvgIpc) is 2.25. The molecule has 16 heavy (non-hydrogen) atoms. The van der Waals surface area contributed by atoms with Crippen molar-refractivity contribution >= 4 is 5.91 Å². The van der Waals surface area contributed by atoms with Crippen LogP contribution in [-0.2, 0) is 9.53 Å². The number of nitrogens with two attached hydrogens (primary N) is 1. The van der Waals surface area contributed by atoms with Gasteiger partial charge in [-0.25, -0.2) is 5.84 Å². The van der Waals surface area contributed by atoms with Crippen molar-refractivity contribution in [3.05, 3.63) is 0 Å². The van der Waals surface area contributed by atoms with Gasteiger partial charge in [0.25, 0.3) is 5.91 Å². The maximum Gasteiger partial charge on any atom is 0.251 e. The highest BCUT2D eigenvalue weighted by Crippen LogP contribution is 2.08. The summed E-state index contributed by atoms with van der Waals surface area (Å²) in [6, 6.07) is -0.164. The number of amides is 1. The average molecular weight is 231 g/mol. The molecule has 0 aliphatic heterocycles. The summed E-state index contributed by atoms with van der Waals surface area (Å²) in [5, 5.41) is 0. The summed E-state index contributed by atoms with van der Waals surface area (Å²) in [5.41, 5.74) is 2.22. The molecule has 0 rings (SSSR count). The van der Waals surface area contributed by atoms with Gasteiger partial charge in [0.15, 0.2) is 0 Å². The number of ether oxygens (including phenoxy) is 1. The highest BCUT2D eigenvalue weighted by molar-refractivity contribution is 5.81. The van der Waals surface area contributed by atoms with E-state index in [0.29, 0.717) is 12.5 Å². The second-order valence-corrected chi connectivity index (χ2v) is 4.31. The molecule has 0 aromatic rings. The number of nitrogens with one attached hydrogen (secondary N) is 1. The molecule has 0 fully saturated rings. The van der Waals surface area contributed by atoms with Crippen LogP contribution in [0.15, 0.2) is 0 Å². The third-order valence-corrected chi connectivity index (χ3v) is 2.45. The van der Waals surface area contributed by atoms with Gasteiger partial charge in [0, 0.05) is 20.2 Å². The monoisotopic (exact) mass is 231 g/mol. The molecule has 0 spiro atoms. The van der Waals surface area contributed by atoms with Gasteiger partial charge in [-0.1, -0.05) is 20.8 Å². The van der Waals surface area contributed by atoms with Crippen LogP contribution >= 0.6 is 0 Å². The van der Waals surface area contributed by atoms with Crippen LogP contribution in [0.2, 0.25) is 0 Å². The minimum absolute atomic E-state index is 0.126. The molecule has 5 heteroatoms. The number of rotatable bonds is 8. The lowest BCUT2D eigenvalue weighted by Crippen LogP contribution is -2.50. The summed E-state index contributed by atoms with van der Waals surface area (Å²) in [7, 11) is 1.66. The van der Waals surface area contributed by atoms with E-state index in [9.17, 15) is 4.79 Å². The first-order valence-electron chi connectivity index (χ1n) is 5.80. The normalized spacial score (nSPS) is 13.2. The van der Waals surface area contributed by atoms with Crippen LogP contribution in [0, 0.1) is 5.92 Å². The Hall–Kier alpha value is -0.650. The quantitative estimate of drug-likeness (QED) is 0.359. The van der Waals surface area contributed by atoms with Crippen molar-refractivity contribution in [1.82, 2.24) is 10.3 Å². The standard InChI is InChI=1S/C11H25N3O2/c1-5-10(11(15)13-12)14(6-7-16-4)8-9(2)3/h9-10H,5-8,12H2,1-4H3,(H,13,15). The van der Waals surface area contributed by atoms with Crippen LogP contribution in [-0.4, -0.2) is 43.7 Å². The van der Waals surface area contributed by atoms with E-state index in [4.69, 9.17) is 10.6 Å². The molecule has 1 unspecified atom stereocenters. The van der Waals surface area contributed by atoms with Crippen molar-refractivity contribution in [3.8, 4) is 0 Å². The third-order valence-electron chi connectivity index (χ3n) is 2.45. The Balaban J connectivity index is 4.48. The summed E-state index contributed by atoms with van der Waals surface area (Å²) < 4.78 is 5.06. The Bertz CT molecular complexity index is 198. The fraction of sp³-hybridized carbons (Fsp3) is 0.909. The Labute approximate surface area is 98.3 Å². The van der Waals surface area contributed by atoms with Crippen LogP contribution in [0.25, 0.3) is 0 Å². The Morgan fingerprint density at radius 2 is 2.12 bits per heavy atom. The predicted molar refractivity (Wildman–Crippen MR) is 64.7 cm³/mol. The van der Waals surface area contributed by atoms with E-state index in [1.54, 1.807) is 7.11 Å². The first-order chi connectivity index (χ1) is 7.56. The lowest BCUT2D eigenvalue weighted by atomic mass is 10.1. The van der Waals surface area contributed by atoms with Gasteiger partial charge in [0.2, 0.25) is 0 Å². The summed E-state index contributed by atoms with van der Waals surface area (Å²) in [6.45, 7) is 8.50. The van der Waals surface area contributed by atoms with Gasteiger partial charge < -0.3 is 4.74 Å². The smallest absolute Gasteiger partial charge is 0.251 e. The van der Waals surface area contributed by atoms with Crippen molar-refractivity contribution in [1.29, 1.82) is 0 Å². The van der Waals surface area contributed by atoms with E-state index in [1.165, 1.54) is 0 Å². The van der Waals surface area contributed by atoms with Gasteiger partial charge in [-0.15, -0.1) is 0 Å². The minimum Gasteiger partial charge on any atom is -0.383 e. The van der Waals surface area contributed by atoms with E-state index in [-0.39, 0.29) is 11.9 Å². The maximum atomic E-state index is 11.6. The minimum atomic E-state index is -0.164. The molecule has 0 radical (unpaired) electrons. The van der Waals surface area contributed by atoms with E-state index >= 15 is 0 Å². The van der Waals surface area contributed by atoms with E-state index < -0.39 is 0 Å². The second kappa shape index (κ2) is 8.50. The van der Waals surface area contributed by atoms with Crippen molar-refractivity contribution in [2.75, 3.05) is 26.8 Å². The van der Waals surface area contributed by atoms with Crippen molar-refractivity contribution in [2.45, 2.75) is 33.2 Å². The number of hydrazine groups is 1. The fourth-order valence-corrected chi connectivity index (χ4v) is 1.76. The molecule has 3 N–H and O–H groups in total. The highest BCUT2D eigenvalue weighted by Gasteiger charge is 2.23. The zero-order chi connectivity index (χ0) is 12.6. The molecule has 0 saturated heterocycles. The predicted octanol–water partition coefficient (Wildman–Crippen LogP) is 0.359. The molecule has 5 nitrogen and oxygen atoms in total. The number of nitrogens with zero attached hydrogens (tertiary/aromatic N) is 1. The van der Waals surface area contributed by atoms with E-state index in [1.807, 2.05) is 6.92 Å². The van der Waals surface area contributed by atoms with Crippen molar-refractivity contribution in [2.24, 2.45) is 11.8 Å². The Morgan fingerprint density at radius 3 is 2.50 bits per heavy atom. The molecule has 96 valence electrons. The van der Waals surface area contributed by atoms with Gasteiger partial charge >= 0.3 is 0 Å². The van der Waals surface area contributed by atoms with Gasteiger partial charge in [0.05, 0.1) is 12.6 Å². The van der Waals surface area contributed by atoms with Gasteiger partial charge in [0.1, 0.15) is 0 Å². The van der Waals surface area contributed by atoms with Gasteiger partial charge in [-0.3, -0.25) is 15.1 Å². The summed E-state index contributed by atoms with van der Waals surface area (Å²) in [5.74, 6) is 5.57. The van der Waals surface area contributed by atoms with Crippen LogP contribution in [0.4, 0.5) is 0 Å². The molecular weight excluding hydrogens is 206 g/mol. The van der Waals surface area contributed by atoms with E-state index in [2.05, 4.69) is 24.2 Å². The van der Waals surface area contributed by atoms with Crippen LogP contribution < -0.4 is 11.3 Å². The molecule has 0 bridgehead atoms. The molecule has 0 saturated carbocycles. The molecule has 0 aliphatic carbocycles. The number of carbonyl (C=O) groups excluding carboxylic acids is 1. The van der Waals surface area contributed by atoms with Crippen LogP contribution in [0.5, 0.6) is 0 Å². The third kappa shape index (κ3) is 5.44. The molecule has 0 aromatic heterocycles. The number of hydrogen-bond donors (Lipinski definition) is 2. The first kappa shape index (κ1) is 15.3. The topological polar surface area (TPSA) is 67.6 Å². The zero-order valence-corrected chi connectivity index (χ0v) is 10.8. The van der Waals surface area contributed by atoms with Crippen molar-refractivity contribution in [3.63, 3.8) is 0 Å². The number of carbonyl (C=O) groups is 1. The highest BCUT2D eigenvalue weighted by atomic mass is 16.5. The molecule has 0 aliphatic rings. The van der Waals surface area contributed by atoms with Gasteiger partial charge in [-0.2, -0.15) is 0 Å². The number of hydrogen-bond acceptors (Lipinski definition) is 4. The Morgan fingerprint density at radius 1 is 1.50 bits per heavy atom. The van der Waals surface area contributed by atoms with E-state index in [0.717, 1.165) is 19.5 Å². The molecule has 0 heterocycles. The largest absolute Gasteiger partial charge is 0.383 e. The number of methoxy groups -OCH3 is 1. The Kier molecular flexibility index (Phi) is 8.15. The lowest BCUT2D eigenvalue weighted by Gasteiger charge is -2.30. The molecule has 1 amide bonds. The van der Waals surface area contributed by atoms with Gasteiger partial charge in [-0.05, 0) is 12.3 Å². The molecule has 1 atom stereocenters. The van der Waals surface area contributed by atoms with Crippen LogP contribution in [0.3, 0.4) is 0 Å². The zero-order valence-electron chi connectivity index (χ0n) is 10.8. The molecule has 0 aromatic carbocycles. The first-order valence-corrected chi connectivity index (χ1v) is 5.80. The summed E-state index contributed by atoms with van der Waals surface area (Å²) in [6.07, 6.45) is 0.749.